The predicted octanol–water partition coefficient (Wildman–Crippen LogP) is 1.66. The molecule has 19 heavy (non-hydrogen) atoms. The molecule has 1 amide bonds. The van der Waals surface area contributed by atoms with E-state index in [1.807, 2.05) is 0 Å². The zero-order valence-electron chi connectivity index (χ0n) is 11.3. The summed E-state index contributed by atoms with van der Waals surface area (Å²) in [5, 5.41) is 8.89. The highest BCUT2D eigenvalue weighted by atomic mass is 16.5. The van der Waals surface area contributed by atoms with E-state index < -0.39 is 12.1 Å². The monoisotopic (exact) mass is 269 g/mol. The lowest BCUT2D eigenvalue weighted by molar-refractivity contribution is -0.159. The van der Waals surface area contributed by atoms with Crippen LogP contribution >= 0.6 is 0 Å². The van der Waals surface area contributed by atoms with Gasteiger partial charge in [-0.2, -0.15) is 0 Å². The van der Waals surface area contributed by atoms with Crippen LogP contribution in [0.25, 0.3) is 0 Å². The number of aliphatic carboxylic acids is 1. The number of carbonyl (C=O) groups excluding carboxylic acids is 1. The van der Waals surface area contributed by atoms with E-state index in [2.05, 4.69) is 0 Å². The van der Waals surface area contributed by atoms with Crippen LogP contribution in [-0.4, -0.2) is 47.7 Å². The quantitative estimate of drug-likeness (QED) is 0.824. The Hall–Kier alpha value is -1.10. The van der Waals surface area contributed by atoms with Crippen LogP contribution in [0.15, 0.2) is 0 Å². The van der Waals surface area contributed by atoms with Crippen LogP contribution < -0.4 is 0 Å². The summed E-state index contributed by atoms with van der Waals surface area (Å²) < 4.78 is 5.11. The van der Waals surface area contributed by atoms with Gasteiger partial charge in [0.25, 0.3) is 0 Å². The number of nitrogens with zero attached hydrogens (tertiary/aromatic N) is 1. The van der Waals surface area contributed by atoms with Gasteiger partial charge in [-0.15, -0.1) is 0 Å². The van der Waals surface area contributed by atoms with Crippen LogP contribution in [0, 0.1) is 5.92 Å². The maximum Gasteiger partial charge on any atom is 0.334 e. The van der Waals surface area contributed by atoms with Gasteiger partial charge in [-0.25, -0.2) is 4.79 Å². The zero-order valence-corrected chi connectivity index (χ0v) is 11.3. The average molecular weight is 269 g/mol. The van der Waals surface area contributed by atoms with Gasteiger partial charge in [0.15, 0.2) is 6.10 Å². The summed E-state index contributed by atoms with van der Waals surface area (Å²) in [6, 6.07) is 0. The van der Waals surface area contributed by atoms with Crippen molar-refractivity contribution in [3.05, 3.63) is 0 Å². The molecule has 1 unspecified atom stereocenters. The van der Waals surface area contributed by atoms with Crippen LogP contribution in [0.1, 0.15) is 44.9 Å². The maximum atomic E-state index is 12.0. The fourth-order valence-corrected chi connectivity index (χ4v) is 3.02. The Bertz CT molecular complexity index is 325. The van der Waals surface area contributed by atoms with Crippen molar-refractivity contribution in [2.75, 3.05) is 19.7 Å². The molecule has 1 aliphatic carbocycles. The number of carboxylic acid groups (broad SMARTS) is 1. The molecule has 0 spiro atoms. The van der Waals surface area contributed by atoms with Gasteiger partial charge in [0.2, 0.25) is 5.91 Å². The van der Waals surface area contributed by atoms with Gasteiger partial charge in [0, 0.05) is 13.0 Å². The van der Waals surface area contributed by atoms with Crippen molar-refractivity contribution in [1.82, 2.24) is 4.90 Å². The van der Waals surface area contributed by atoms with E-state index in [4.69, 9.17) is 9.84 Å². The van der Waals surface area contributed by atoms with E-state index in [0.717, 1.165) is 18.8 Å². The lowest BCUT2D eigenvalue weighted by Crippen LogP contribution is -2.48. The second kappa shape index (κ2) is 6.89. The number of amides is 1. The highest BCUT2D eigenvalue weighted by Gasteiger charge is 2.28. The Labute approximate surface area is 113 Å². The average Bonchev–Trinajstić information content (AvgIpc) is 2.92. The van der Waals surface area contributed by atoms with Crippen molar-refractivity contribution in [1.29, 1.82) is 0 Å². The summed E-state index contributed by atoms with van der Waals surface area (Å²) in [6.07, 6.45) is 7.05. The number of ether oxygens (including phenoxy) is 1. The molecular weight excluding hydrogens is 246 g/mol. The molecular formula is C14H23NO4. The fourth-order valence-electron chi connectivity index (χ4n) is 3.02. The van der Waals surface area contributed by atoms with E-state index in [9.17, 15) is 9.59 Å². The Morgan fingerprint density at radius 2 is 2.00 bits per heavy atom. The van der Waals surface area contributed by atoms with Gasteiger partial charge < -0.3 is 14.7 Å². The molecule has 1 N–H and O–H groups in total. The van der Waals surface area contributed by atoms with Crippen molar-refractivity contribution in [2.24, 2.45) is 5.92 Å². The van der Waals surface area contributed by atoms with Crippen LogP contribution in [0.5, 0.6) is 0 Å². The van der Waals surface area contributed by atoms with Crippen LogP contribution in [0.4, 0.5) is 0 Å². The third kappa shape index (κ3) is 4.20. The van der Waals surface area contributed by atoms with E-state index in [-0.39, 0.29) is 12.5 Å². The smallest absolute Gasteiger partial charge is 0.334 e. The second-order valence-corrected chi connectivity index (χ2v) is 5.58. The third-order valence-electron chi connectivity index (χ3n) is 4.17. The fraction of sp³-hybridized carbons (Fsp3) is 0.857. The largest absolute Gasteiger partial charge is 0.479 e. The van der Waals surface area contributed by atoms with Crippen LogP contribution in [0.2, 0.25) is 0 Å². The molecule has 0 aromatic rings. The van der Waals surface area contributed by atoms with E-state index in [1.165, 1.54) is 25.7 Å². The molecule has 5 nitrogen and oxygen atoms in total. The molecule has 2 rings (SSSR count). The molecule has 0 radical (unpaired) electrons. The summed E-state index contributed by atoms with van der Waals surface area (Å²) >= 11 is 0. The van der Waals surface area contributed by atoms with Gasteiger partial charge in [0.1, 0.15) is 0 Å². The standard InChI is InChI=1S/C14H23NO4/c16-13(7-3-6-11-4-1-2-5-11)15-8-9-19-12(10-15)14(17)18/h11-12H,1-10H2,(H,17,18). The minimum atomic E-state index is -0.983. The van der Waals surface area contributed by atoms with Gasteiger partial charge >= 0.3 is 5.97 Å². The van der Waals surface area contributed by atoms with E-state index >= 15 is 0 Å². The Morgan fingerprint density at radius 3 is 2.68 bits per heavy atom. The number of hydrogen-bond acceptors (Lipinski definition) is 3. The van der Waals surface area contributed by atoms with E-state index in [1.54, 1.807) is 4.90 Å². The molecule has 1 saturated heterocycles. The second-order valence-electron chi connectivity index (χ2n) is 5.58. The molecule has 2 aliphatic rings. The molecule has 1 heterocycles. The summed E-state index contributed by atoms with van der Waals surface area (Å²) in [7, 11) is 0. The number of carbonyl (C=O) groups is 2. The molecule has 2 fully saturated rings. The molecule has 1 saturated carbocycles. The summed E-state index contributed by atoms with van der Waals surface area (Å²) in [5.41, 5.74) is 0. The minimum Gasteiger partial charge on any atom is -0.479 e. The summed E-state index contributed by atoms with van der Waals surface area (Å²) in [5.74, 6) is -0.0970. The Kier molecular flexibility index (Phi) is 5.19. The summed E-state index contributed by atoms with van der Waals surface area (Å²) in [4.78, 5) is 24.5. The number of rotatable bonds is 5. The lowest BCUT2D eigenvalue weighted by Gasteiger charge is -2.31. The Balaban J connectivity index is 1.68. The van der Waals surface area contributed by atoms with Crippen molar-refractivity contribution in [3.8, 4) is 0 Å². The predicted molar refractivity (Wildman–Crippen MR) is 69.8 cm³/mol. The van der Waals surface area contributed by atoms with Gasteiger partial charge in [-0.05, 0) is 18.8 Å². The molecule has 0 aromatic carbocycles. The van der Waals surface area contributed by atoms with E-state index in [0.29, 0.717) is 19.6 Å². The number of morpholine rings is 1. The topological polar surface area (TPSA) is 66.8 Å². The van der Waals surface area contributed by atoms with Gasteiger partial charge in [-0.3, -0.25) is 4.79 Å². The molecule has 0 bridgehead atoms. The zero-order chi connectivity index (χ0) is 13.7. The SMILES string of the molecule is O=C(O)C1CN(C(=O)CCCC2CCCC2)CCO1. The number of hydrogen-bond donors (Lipinski definition) is 1. The maximum absolute atomic E-state index is 12.0. The first-order valence-corrected chi connectivity index (χ1v) is 7.29. The van der Waals surface area contributed by atoms with Gasteiger partial charge in [-0.1, -0.05) is 25.7 Å². The van der Waals surface area contributed by atoms with Crippen LogP contribution in [-0.2, 0) is 14.3 Å². The first-order valence-electron chi connectivity index (χ1n) is 7.29. The van der Waals surface area contributed by atoms with Crippen molar-refractivity contribution >= 4 is 11.9 Å². The third-order valence-corrected chi connectivity index (χ3v) is 4.17. The molecule has 1 atom stereocenters. The van der Waals surface area contributed by atoms with Crippen molar-refractivity contribution in [3.63, 3.8) is 0 Å². The Morgan fingerprint density at radius 1 is 1.26 bits per heavy atom. The lowest BCUT2D eigenvalue weighted by atomic mass is 10.0. The van der Waals surface area contributed by atoms with Crippen LogP contribution in [0.3, 0.4) is 0 Å². The first-order chi connectivity index (χ1) is 9.16. The first kappa shape index (κ1) is 14.3. The number of carboxylic acids is 1. The molecule has 5 heteroatoms. The molecule has 0 aromatic heterocycles. The highest BCUT2D eigenvalue weighted by Crippen LogP contribution is 2.29. The van der Waals surface area contributed by atoms with Crippen molar-refractivity contribution < 1.29 is 19.4 Å². The molecule has 1 aliphatic heterocycles. The van der Waals surface area contributed by atoms with Gasteiger partial charge in [0.05, 0.1) is 13.2 Å². The highest BCUT2D eigenvalue weighted by molar-refractivity contribution is 5.78. The minimum absolute atomic E-state index is 0.0764. The summed E-state index contributed by atoms with van der Waals surface area (Å²) in [6.45, 7) is 1.04. The normalized spacial score (nSPS) is 24.6. The molecule has 108 valence electrons. The van der Waals surface area contributed by atoms with Crippen molar-refractivity contribution in [2.45, 2.75) is 51.0 Å².